The third-order valence-electron chi connectivity index (χ3n) is 3.29. The molecule has 0 heteroatoms. The van der Waals surface area contributed by atoms with Gasteiger partial charge in [-0.25, -0.2) is 0 Å². The molecule has 1 unspecified atom stereocenters. The third-order valence-corrected chi connectivity index (χ3v) is 3.29. The Hall–Kier alpha value is -0.260. The van der Waals surface area contributed by atoms with Crippen molar-refractivity contribution in [2.45, 2.75) is 78.1 Å². The zero-order valence-corrected chi connectivity index (χ0v) is 10.9. The number of allylic oxidation sites excluding steroid dienone is 1. The minimum absolute atomic E-state index is 0.769. The molecule has 0 amide bonds. The number of hydrogen-bond donors (Lipinski definition) is 0. The Morgan fingerprint density at radius 3 is 1.87 bits per heavy atom. The lowest BCUT2D eigenvalue weighted by Crippen LogP contribution is -1.93. The van der Waals surface area contributed by atoms with Gasteiger partial charge in [0.15, 0.2) is 0 Å². The van der Waals surface area contributed by atoms with Gasteiger partial charge in [-0.05, 0) is 18.8 Å². The monoisotopic (exact) mass is 210 g/mol. The molecule has 0 radical (unpaired) electrons. The van der Waals surface area contributed by atoms with E-state index < -0.39 is 0 Å². The van der Waals surface area contributed by atoms with Crippen molar-refractivity contribution in [2.24, 2.45) is 5.92 Å². The second-order valence-corrected chi connectivity index (χ2v) is 4.67. The van der Waals surface area contributed by atoms with E-state index in [4.69, 9.17) is 0 Å². The highest BCUT2D eigenvalue weighted by Gasteiger charge is 1.99. The molecule has 0 spiro atoms. The van der Waals surface area contributed by atoms with Crippen LogP contribution in [0.3, 0.4) is 0 Å². The molecule has 0 aliphatic rings. The van der Waals surface area contributed by atoms with Crippen LogP contribution in [0, 0.1) is 5.92 Å². The molecule has 0 saturated carbocycles. The first kappa shape index (κ1) is 14.7. The fourth-order valence-electron chi connectivity index (χ4n) is 2.03. The average Bonchev–Trinajstić information content (AvgIpc) is 2.27. The van der Waals surface area contributed by atoms with Crippen molar-refractivity contribution in [3.63, 3.8) is 0 Å². The van der Waals surface area contributed by atoms with Gasteiger partial charge in [0, 0.05) is 0 Å². The van der Waals surface area contributed by atoms with Gasteiger partial charge in [-0.1, -0.05) is 71.3 Å². The first-order valence-electron chi connectivity index (χ1n) is 6.97. The summed E-state index contributed by atoms with van der Waals surface area (Å²) in [6.45, 7) is 8.42. The van der Waals surface area contributed by atoms with E-state index in [1.54, 1.807) is 0 Å². The normalized spacial score (nSPS) is 12.7. The topological polar surface area (TPSA) is 0 Å². The number of rotatable bonds is 11. The zero-order chi connectivity index (χ0) is 11.4. The van der Waals surface area contributed by atoms with E-state index in [2.05, 4.69) is 26.5 Å². The lowest BCUT2D eigenvalue weighted by molar-refractivity contribution is 0.505. The molecule has 0 heterocycles. The first-order valence-corrected chi connectivity index (χ1v) is 6.97. The predicted octanol–water partition coefficient (Wildman–Crippen LogP) is 5.73. The second kappa shape index (κ2) is 11.8. The van der Waals surface area contributed by atoms with Crippen LogP contribution in [0.1, 0.15) is 78.1 Å². The van der Waals surface area contributed by atoms with E-state index in [1.807, 2.05) is 0 Å². The van der Waals surface area contributed by atoms with Crippen LogP contribution in [0.25, 0.3) is 0 Å². The van der Waals surface area contributed by atoms with E-state index in [0.29, 0.717) is 0 Å². The molecule has 0 aliphatic heterocycles. The summed E-state index contributed by atoms with van der Waals surface area (Å²) >= 11 is 0. The minimum Gasteiger partial charge on any atom is -0.103 e. The molecule has 0 bridgehead atoms. The van der Waals surface area contributed by atoms with Gasteiger partial charge in [-0.3, -0.25) is 0 Å². The Kier molecular flexibility index (Phi) is 11.6. The molecule has 1 atom stereocenters. The maximum atomic E-state index is 3.88. The quantitative estimate of drug-likeness (QED) is 0.302. The number of hydrogen-bond acceptors (Lipinski definition) is 0. The van der Waals surface area contributed by atoms with Crippen molar-refractivity contribution >= 4 is 0 Å². The highest BCUT2D eigenvalue weighted by atomic mass is 14.1. The molecule has 0 rings (SSSR count). The van der Waals surface area contributed by atoms with Gasteiger partial charge in [-0.2, -0.15) is 0 Å². The standard InChI is InChI=1S/C15H30/c1-4-7-8-9-10-11-12-13-14-15(5-2)6-3/h5,15H,2,4,6-14H2,1,3H3. The molecular weight excluding hydrogens is 180 g/mol. The molecule has 0 aromatic heterocycles. The molecule has 15 heavy (non-hydrogen) atoms. The van der Waals surface area contributed by atoms with Gasteiger partial charge in [0.1, 0.15) is 0 Å². The van der Waals surface area contributed by atoms with E-state index in [0.717, 1.165) is 5.92 Å². The highest BCUT2D eigenvalue weighted by Crippen LogP contribution is 2.15. The van der Waals surface area contributed by atoms with Crippen LogP contribution in [0.5, 0.6) is 0 Å². The van der Waals surface area contributed by atoms with Crippen molar-refractivity contribution < 1.29 is 0 Å². The van der Waals surface area contributed by atoms with Crippen molar-refractivity contribution in [2.75, 3.05) is 0 Å². The largest absolute Gasteiger partial charge is 0.103 e. The van der Waals surface area contributed by atoms with Gasteiger partial charge < -0.3 is 0 Å². The summed E-state index contributed by atoms with van der Waals surface area (Å²) < 4.78 is 0. The Labute approximate surface area is 97.2 Å². The van der Waals surface area contributed by atoms with Gasteiger partial charge in [0.05, 0.1) is 0 Å². The Bertz CT molecular complexity index is 126. The smallest absolute Gasteiger partial charge is 0.0239 e. The van der Waals surface area contributed by atoms with E-state index >= 15 is 0 Å². The third kappa shape index (κ3) is 10.0. The summed E-state index contributed by atoms with van der Waals surface area (Å²) in [6, 6.07) is 0. The predicted molar refractivity (Wildman–Crippen MR) is 71.2 cm³/mol. The van der Waals surface area contributed by atoms with Crippen molar-refractivity contribution in [1.29, 1.82) is 0 Å². The number of unbranched alkanes of at least 4 members (excludes halogenated alkanes) is 7. The van der Waals surface area contributed by atoms with E-state index in [-0.39, 0.29) is 0 Å². The van der Waals surface area contributed by atoms with Crippen molar-refractivity contribution in [3.05, 3.63) is 12.7 Å². The van der Waals surface area contributed by atoms with Crippen LogP contribution in [-0.2, 0) is 0 Å². The molecular formula is C15H30. The first-order chi connectivity index (χ1) is 7.35. The van der Waals surface area contributed by atoms with Crippen LogP contribution >= 0.6 is 0 Å². The molecule has 0 saturated heterocycles. The molecule has 0 aromatic carbocycles. The van der Waals surface area contributed by atoms with Crippen molar-refractivity contribution in [3.8, 4) is 0 Å². The summed E-state index contributed by atoms with van der Waals surface area (Å²) in [7, 11) is 0. The molecule has 0 aliphatic carbocycles. The van der Waals surface area contributed by atoms with Gasteiger partial charge in [0.2, 0.25) is 0 Å². The Morgan fingerprint density at radius 1 is 0.867 bits per heavy atom. The summed E-state index contributed by atoms with van der Waals surface area (Å²) in [4.78, 5) is 0. The Balaban J connectivity index is 3.07. The van der Waals surface area contributed by atoms with Crippen LogP contribution < -0.4 is 0 Å². The SMILES string of the molecule is C=CC(CC)CCCCCCCCCC. The van der Waals surface area contributed by atoms with Crippen LogP contribution in [0.2, 0.25) is 0 Å². The van der Waals surface area contributed by atoms with Crippen LogP contribution in [-0.4, -0.2) is 0 Å². The maximum absolute atomic E-state index is 3.88. The summed E-state index contributed by atoms with van der Waals surface area (Å²) in [5, 5.41) is 0. The summed E-state index contributed by atoms with van der Waals surface area (Å²) in [6.07, 6.45) is 16.1. The lowest BCUT2D eigenvalue weighted by atomic mass is 9.98. The van der Waals surface area contributed by atoms with Gasteiger partial charge in [-0.15, -0.1) is 6.58 Å². The fraction of sp³-hybridized carbons (Fsp3) is 0.867. The molecule has 0 N–H and O–H groups in total. The summed E-state index contributed by atoms with van der Waals surface area (Å²) in [5.41, 5.74) is 0. The van der Waals surface area contributed by atoms with Crippen LogP contribution in [0.15, 0.2) is 12.7 Å². The van der Waals surface area contributed by atoms with Gasteiger partial charge in [0.25, 0.3) is 0 Å². The molecule has 0 nitrogen and oxygen atoms in total. The fourth-order valence-corrected chi connectivity index (χ4v) is 2.03. The van der Waals surface area contributed by atoms with Crippen LogP contribution in [0.4, 0.5) is 0 Å². The Morgan fingerprint density at radius 2 is 1.40 bits per heavy atom. The van der Waals surface area contributed by atoms with E-state index in [1.165, 1.54) is 64.2 Å². The lowest BCUT2D eigenvalue weighted by Gasteiger charge is -2.08. The highest BCUT2D eigenvalue weighted by molar-refractivity contribution is 4.77. The molecule has 0 fully saturated rings. The molecule has 0 aromatic rings. The maximum Gasteiger partial charge on any atom is -0.0239 e. The average molecular weight is 210 g/mol. The minimum atomic E-state index is 0.769. The van der Waals surface area contributed by atoms with Crippen molar-refractivity contribution in [1.82, 2.24) is 0 Å². The van der Waals surface area contributed by atoms with Gasteiger partial charge >= 0.3 is 0 Å². The van der Waals surface area contributed by atoms with E-state index in [9.17, 15) is 0 Å². The summed E-state index contributed by atoms with van der Waals surface area (Å²) in [5.74, 6) is 0.769. The molecule has 90 valence electrons. The second-order valence-electron chi connectivity index (χ2n) is 4.67. The zero-order valence-electron chi connectivity index (χ0n) is 10.9.